The normalized spacial score (nSPS) is 10.2. The first-order valence-corrected chi connectivity index (χ1v) is 7.10. The fraction of sp³-hybridized carbons (Fsp3) is 0.133. The molecule has 0 atom stereocenters. The van der Waals surface area contributed by atoms with Crippen molar-refractivity contribution < 1.29 is 13.9 Å². The van der Waals surface area contributed by atoms with Gasteiger partial charge in [-0.1, -0.05) is 12.1 Å². The van der Waals surface area contributed by atoms with Gasteiger partial charge < -0.3 is 15.8 Å². The number of hydrogen-bond acceptors (Lipinski definition) is 4. The highest BCUT2D eigenvalue weighted by Crippen LogP contribution is 2.33. The molecule has 6 heteroatoms. The number of carbonyl (C=O) groups excluding carboxylic acids is 1. The first-order chi connectivity index (χ1) is 10.0. The molecule has 0 radical (unpaired) electrons. The van der Waals surface area contributed by atoms with Gasteiger partial charge in [-0.3, -0.25) is 0 Å². The molecule has 2 aromatic rings. The van der Waals surface area contributed by atoms with Gasteiger partial charge in [0.25, 0.3) is 0 Å². The lowest BCUT2D eigenvalue weighted by atomic mass is 10.1. The topological polar surface area (TPSA) is 64.3 Å². The van der Waals surface area contributed by atoms with E-state index in [1.54, 1.807) is 37.3 Å². The van der Waals surface area contributed by atoms with Gasteiger partial charge >= 0.3 is 5.97 Å². The number of hydrogen-bond donors (Lipinski definition) is 2. The number of nitrogens with one attached hydrogen (secondary N) is 1. The molecule has 0 aliphatic carbocycles. The minimum Gasteiger partial charge on any atom is -0.462 e. The number of halogens is 2. The third-order valence-corrected chi connectivity index (χ3v) is 3.47. The molecule has 2 rings (SSSR count). The first-order valence-electron chi connectivity index (χ1n) is 6.31. The molecule has 0 fully saturated rings. The zero-order valence-corrected chi connectivity index (χ0v) is 12.9. The molecule has 4 nitrogen and oxygen atoms in total. The Labute approximate surface area is 130 Å². The van der Waals surface area contributed by atoms with Crippen LogP contribution in [0, 0.1) is 5.82 Å². The molecule has 0 unspecified atom stereocenters. The summed E-state index contributed by atoms with van der Waals surface area (Å²) in [5.74, 6) is -0.970. The van der Waals surface area contributed by atoms with E-state index in [2.05, 4.69) is 21.2 Å². The molecule has 0 aliphatic heterocycles. The van der Waals surface area contributed by atoms with E-state index >= 15 is 0 Å². The summed E-state index contributed by atoms with van der Waals surface area (Å²) in [6.45, 7) is 1.96. The molecule has 0 bridgehead atoms. The van der Waals surface area contributed by atoms with E-state index in [-0.39, 0.29) is 17.9 Å². The second kappa shape index (κ2) is 6.58. The van der Waals surface area contributed by atoms with Crippen molar-refractivity contribution in [3.8, 4) is 0 Å². The molecule has 0 saturated heterocycles. The summed E-state index contributed by atoms with van der Waals surface area (Å²) in [6, 6.07) is 9.42. The molecular weight excluding hydrogens is 339 g/mol. The Morgan fingerprint density at radius 1 is 1.29 bits per heavy atom. The van der Waals surface area contributed by atoms with E-state index in [1.807, 2.05) is 0 Å². The number of anilines is 3. The minimum atomic E-state index is -0.514. The fourth-order valence-corrected chi connectivity index (χ4v) is 2.27. The Hall–Kier alpha value is -2.08. The van der Waals surface area contributed by atoms with Crippen molar-refractivity contribution in [3.63, 3.8) is 0 Å². The van der Waals surface area contributed by atoms with Crippen LogP contribution in [0.25, 0.3) is 0 Å². The number of esters is 1. The molecule has 0 heterocycles. The summed E-state index contributed by atoms with van der Waals surface area (Å²) in [7, 11) is 0. The molecule has 0 amide bonds. The van der Waals surface area contributed by atoms with Crippen LogP contribution in [0.5, 0.6) is 0 Å². The van der Waals surface area contributed by atoms with Crippen molar-refractivity contribution in [2.75, 3.05) is 17.7 Å². The zero-order chi connectivity index (χ0) is 15.4. The van der Waals surface area contributed by atoms with Crippen LogP contribution in [0.15, 0.2) is 40.9 Å². The molecule has 0 spiro atoms. The van der Waals surface area contributed by atoms with Gasteiger partial charge in [0.05, 0.1) is 29.2 Å². The smallest absolute Gasteiger partial charge is 0.340 e. The quantitative estimate of drug-likeness (QED) is 0.642. The molecule has 3 N–H and O–H groups in total. The van der Waals surface area contributed by atoms with Crippen molar-refractivity contribution in [2.24, 2.45) is 0 Å². The number of carbonyl (C=O) groups is 1. The molecule has 0 saturated carbocycles. The highest BCUT2D eigenvalue weighted by molar-refractivity contribution is 9.10. The fourth-order valence-electron chi connectivity index (χ4n) is 1.83. The van der Waals surface area contributed by atoms with Crippen LogP contribution in [0.2, 0.25) is 0 Å². The van der Waals surface area contributed by atoms with E-state index in [1.165, 1.54) is 6.07 Å². The van der Waals surface area contributed by atoms with Gasteiger partial charge in [0.15, 0.2) is 0 Å². The average Bonchev–Trinajstić information content (AvgIpc) is 2.44. The van der Waals surface area contributed by atoms with Crippen molar-refractivity contribution in [3.05, 3.63) is 52.3 Å². The summed E-state index contributed by atoms with van der Waals surface area (Å²) in [5, 5.41) is 2.87. The predicted molar refractivity (Wildman–Crippen MR) is 84.2 cm³/mol. The second-order valence-electron chi connectivity index (χ2n) is 4.21. The number of ether oxygens (including phenoxy) is 1. The maximum absolute atomic E-state index is 13.9. The predicted octanol–water partition coefficient (Wildman–Crippen LogP) is 4.09. The molecule has 0 aliphatic rings. The second-order valence-corrected chi connectivity index (χ2v) is 5.07. The Bertz CT molecular complexity index is 656. The standard InChI is InChI=1S/C15H14BrFN2O2/c1-2-21-15(20)9-5-3-8-12(18)13(9)19-14-10(16)6-4-7-11(14)17/h3-8,19H,2,18H2,1H3. The van der Waals surface area contributed by atoms with Gasteiger partial charge in [-0.2, -0.15) is 0 Å². The van der Waals surface area contributed by atoms with E-state index in [0.717, 1.165) is 0 Å². The van der Waals surface area contributed by atoms with Crippen LogP contribution < -0.4 is 11.1 Å². The zero-order valence-electron chi connectivity index (χ0n) is 11.3. The number of benzene rings is 2. The van der Waals surface area contributed by atoms with Gasteiger partial charge in [-0.25, -0.2) is 9.18 Å². The molecule has 2 aromatic carbocycles. The summed E-state index contributed by atoms with van der Waals surface area (Å²) in [5.41, 5.74) is 7.01. The monoisotopic (exact) mass is 352 g/mol. The first kappa shape index (κ1) is 15.3. The number of para-hydroxylation sites is 2. The Morgan fingerprint density at radius 2 is 2.00 bits per heavy atom. The van der Waals surface area contributed by atoms with Gasteiger partial charge in [-0.15, -0.1) is 0 Å². The Morgan fingerprint density at radius 3 is 2.67 bits per heavy atom. The van der Waals surface area contributed by atoms with Crippen molar-refractivity contribution >= 4 is 39.0 Å². The van der Waals surface area contributed by atoms with Gasteiger partial charge in [0.2, 0.25) is 0 Å². The van der Waals surface area contributed by atoms with Gasteiger partial charge in [0.1, 0.15) is 5.82 Å². The third kappa shape index (κ3) is 3.33. The van der Waals surface area contributed by atoms with Crippen molar-refractivity contribution in [2.45, 2.75) is 6.92 Å². The summed E-state index contributed by atoms with van der Waals surface area (Å²) >= 11 is 3.26. The third-order valence-electron chi connectivity index (χ3n) is 2.80. The average molecular weight is 353 g/mol. The lowest BCUT2D eigenvalue weighted by molar-refractivity contribution is 0.0527. The summed E-state index contributed by atoms with van der Waals surface area (Å²) in [6.07, 6.45) is 0. The molecule has 0 aromatic heterocycles. The van der Waals surface area contributed by atoms with Crippen LogP contribution in [-0.4, -0.2) is 12.6 Å². The van der Waals surface area contributed by atoms with Crippen LogP contribution in [0.3, 0.4) is 0 Å². The number of nitrogens with two attached hydrogens (primary N) is 1. The van der Waals surface area contributed by atoms with E-state index < -0.39 is 11.8 Å². The highest BCUT2D eigenvalue weighted by Gasteiger charge is 2.17. The maximum atomic E-state index is 13.9. The van der Waals surface area contributed by atoms with Crippen molar-refractivity contribution in [1.29, 1.82) is 0 Å². The lowest BCUT2D eigenvalue weighted by Gasteiger charge is -2.15. The Kier molecular flexibility index (Phi) is 4.80. The largest absolute Gasteiger partial charge is 0.462 e. The van der Waals surface area contributed by atoms with Crippen LogP contribution in [0.4, 0.5) is 21.5 Å². The van der Waals surface area contributed by atoms with E-state index in [4.69, 9.17) is 10.5 Å². The highest BCUT2D eigenvalue weighted by atomic mass is 79.9. The van der Waals surface area contributed by atoms with Crippen LogP contribution in [-0.2, 0) is 4.74 Å². The summed E-state index contributed by atoms with van der Waals surface area (Å²) < 4.78 is 19.4. The minimum absolute atomic E-state index is 0.209. The van der Waals surface area contributed by atoms with Crippen LogP contribution >= 0.6 is 15.9 Å². The Balaban J connectivity index is 2.46. The van der Waals surface area contributed by atoms with Gasteiger partial charge in [0, 0.05) is 4.47 Å². The molecule has 110 valence electrons. The SMILES string of the molecule is CCOC(=O)c1cccc(N)c1Nc1c(F)cccc1Br. The lowest BCUT2D eigenvalue weighted by Crippen LogP contribution is -2.10. The molecule has 21 heavy (non-hydrogen) atoms. The number of nitrogen functional groups attached to an aromatic ring is 1. The van der Waals surface area contributed by atoms with E-state index in [0.29, 0.717) is 15.8 Å². The maximum Gasteiger partial charge on any atom is 0.340 e. The van der Waals surface area contributed by atoms with E-state index in [9.17, 15) is 9.18 Å². The van der Waals surface area contributed by atoms with Crippen molar-refractivity contribution in [1.82, 2.24) is 0 Å². The number of rotatable bonds is 4. The van der Waals surface area contributed by atoms with Gasteiger partial charge in [-0.05, 0) is 47.1 Å². The molecular formula is C15H14BrFN2O2. The summed E-state index contributed by atoms with van der Waals surface area (Å²) in [4.78, 5) is 12.0. The van der Waals surface area contributed by atoms with Crippen LogP contribution in [0.1, 0.15) is 17.3 Å².